The fourth-order valence-electron chi connectivity index (χ4n) is 3.62. The summed E-state index contributed by atoms with van der Waals surface area (Å²) < 4.78 is 5.77. The summed E-state index contributed by atoms with van der Waals surface area (Å²) in [5, 5.41) is 2.95. The maximum Gasteiger partial charge on any atom is 0.255 e. The minimum absolute atomic E-state index is 0.144. The van der Waals surface area contributed by atoms with Gasteiger partial charge in [-0.25, -0.2) is 4.98 Å². The normalized spacial score (nSPS) is 13.7. The zero-order chi connectivity index (χ0) is 19.6. The third-order valence-electron chi connectivity index (χ3n) is 5.13. The predicted molar refractivity (Wildman–Crippen MR) is 113 cm³/mol. The molecule has 0 bridgehead atoms. The van der Waals surface area contributed by atoms with Crippen molar-refractivity contribution in [1.29, 1.82) is 0 Å². The molecule has 0 aliphatic carbocycles. The van der Waals surface area contributed by atoms with Crippen LogP contribution in [-0.4, -0.2) is 29.0 Å². The van der Waals surface area contributed by atoms with Crippen LogP contribution in [0.2, 0.25) is 0 Å². The Morgan fingerprint density at radius 3 is 2.62 bits per heavy atom. The Balaban J connectivity index is 1.33. The van der Waals surface area contributed by atoms with Gasteiger partial charge < -0.3 is 14.6 Å². The first-order chi connectivity index (χ1) is 14.3. The van der Waals surface area contributed by atoms with Gasteiger partial charge in [0.1, 0.15) is 0 Å². The van der Waals surface area contributed by atoms with Crippen LogP contribution < -0.4 is 10.2 Å². The summed E-state index contributed by atoms with van der Waals surface area (Å²) >= 11 is 0. The highest BCUT2D eigenvalue weighted by molar-refractivity contribution is 6.04. The van der Waals surface area contributed by atoms with Gasteiger partial charge in [-0.05, 0) is 67.4 Å². The average molecular weight is 384 g/mol. The fourth-order valence-corrected chi connectivity index (χ4v) is 3.62. The number of amides is 1. The van der Waals surface area contributed by atoms with Crippen LogP contribution in [-0.2, 0) is 0 Å². The van der Waals surface area contributed by atoms with E-state index >= 15 is 0 Å². The number of oxazole rings is 1. The zero-order valence-electron chi connectivity index (χ0n) is 15.8. The van der Waals surface area contributed by atoms with Gasteiger partial charge in [0.15, 0.2) is 11.2 Å². The minimum Gasteiger partial charge on any atom is -0.434 e. The number of nitrogens with one attached hydrogen (secondary N) is 1. The second-order valence-electron chi connectivity index (χ2n) is 7.12. The van der Waals surface area contributed by atoms with Crippen LogP contribution in [0.1, 0.15) is 23.2 Å². The number of fused-ring (bicyclic) bond motifs is 1. The van der Waals surface area contributed by atoms with Crippen LogP contribution in [0, 0.1) is 0 Å². The Morgan fingerprint density at radius 1 is 1.00 bits per heavy atom. The van der Waals surface area contributed by atoms with Crippen molar-refractivity contribution in [1.82, 2.24) is 9.97 Å². The lowest BCUT2D eigenvalue weighted by Gasteiger charge is -2.17. The fraction of sp³-hybridized carbons (Fsp3) is 0.174. The van der Waals surface area contributed by atoms with E-state index in [0.717, 1.165) is 18.7 Å². The third kappa shape index (κ3) is 3.57. The molecule has 0 radical (unpaired) electrons. The average Bonchev–Trinajstić information content (AvgIpc) is 3.44. The molecule has 6 nitrogen and oxygen atoms in total. The van der Waals surface area contributed by atoms with Crippen molar-refractivity contribution in [3.8, 4) is 11.5 Å². The Kier molecular flexibility index (Phi) is 4.44. The molecule has 144 valence electrons. The summed E-state index contributed by atoms with van der Waals surface area (Å²) in [5.74, 6) is 0.333. The molecule has 0 atom stereocenters. The number of carbonyl (C=O) groups excluding carboxylic acids is 1. The molecule has 0 spiro atoms. The molecule has 2 aromatic heterocycles. The minimum atomic E-state index is -0.144. The third-order valence-corrected chi connectivity index (χ3v) is 5.13. The molecule has 29 heavy (non-hydrogen) atoms. The lowest BCUT2D eigenvalue weighted by molar-refractivity contribution is 0.102. The summed E-state index contributed by atoms with van der Waals surface area (Å²) in [6.45, 7) is 2.17. The number of anilines is 2. The van der Waals surface area contributed by atoms with Gasteiger partial charge in [-0.3, -0.25) is 4.79 Å². The Bertz CT molecular complexity index is 1130. The monoisotopic (exact) mass is 384 g/mol. The smallest absolute Gasteiger partial charge is 0.255 e. The molecule has 1 N–H and O–H groups in total. The number of benzene rings is 2. The zero-order valence-corrected chi connectivity index (χ0v) is 15.8. The molecule has 3 heterocycles. The van der Waals surface area contributed by atoms with Crippen molar-refractivity contribution in [2.45, 2.75) is 12.8 Å². The molecule has 0 saturated carbocycles. The molecule has 2 aromatic carbocycles. The molecule has 1 aliphatic heterocycles. The summed E-state index contributed by atoms with van der Waals surface area (Å²) in [6, 6.07) is 18.9. The van der Waals surface area contributed by atoms with Gasteiger partial charge in [-0.15, -0.1) is 0 Å². The van der Waals surface area contributed by atoms with Crippen LogP contribution in [0.15, 0.2) is 71.3 Å². The highest BCUT2D eigenvalue weighted by Gasteiger charge is 2.14. The summed E-state index contributed by atoms with van der Waals surface area (Å²) in [7, 11) is 0. The van der Waals surface area contributed by atoms with E-state index in [4.69, 9.17) is 4.42 Å². The van der Waals surface area contributed by atoms with E-state index in [1.807, 2.05) is 60.7 Å². The number of hydrogen-bond donors (Lipinski definition) is 1. The molecular weight excluding hydrogens is 364 g/mol. The van der Waals surface area contributed by atoms with Crippen molar-refractivity contribution in [2.24, 2.45) is 0 Å². The van der Waals surface area contributed by atoms with Gasteiger partial charge in [0.25, 0.3) is 5.91 Å². The second kappa shape index (κ2) is 7.39. The number of nitrogens with zero attached hydrogens (tertiary/aromatic N) is 3. The highest BCUT2D eigenvalue weighted by Crippen LogP contribution is 2.26. The van der Waals surface area contributed by atoms with Crippen LogP contribution in [0.3, 0.4) is 0 Å². The van der Waals surface area contributed by atoms with E-state index in [9.17, 15) is 4.79 Å². The van der Waals surface area contributed by atoms with Gasteiger partial charge in [-0.2, -0.15) is 4.98 Å². The molecular formula is C23H20N4O2. The Hall–Kier alpha value is -3.67. The second-order valence-corrected chi connectivity index (χ2v) is 7.12. The standard InChI is InChI=1S/C23H20N4O2/c28-22(16-8-10-19(11-9-16)27-13-1-2-14-27)25-18-6-3-5-17(15-18)23-26-21-20(29-23)7-4-12-24-21/h3-12,15H,1-2,13-14H2,(H,25,28). The van der Waals surface area contributed by atoms with Gasteiger partial charge in [-0.1, -0.05) is 6.07 Å². The van der Waals surface area contributed by atoms with Crippen molar-refractivity contribution in [3.63, 3.8) is 0 Å². The van der Waals surface area contributed by atoms with Crippen LogP contribution in [0.4, 0.5) is 11.4 Å². The van der Waals surface area contributed by atoms with E-state index < -0.39 is 0 Å². The first kappa shape index (κ1) is 17.4. The molecule has 5 rings (SSSR count). The Labute approximate surface area is 168 Å². The molecule has 1 fully saturated rings. The quantitative estimate of drug-likeness (QED) is 0.550. The maximum atomic E-state index is 12.7. The number of carbonyl (C=O) groups is 1. The van der Waals surface area contributed by atoms with Gasteiger partial charge >= 0.3 is 0 Å². The Morgan fingerprint density at radius 2 is 1.83 bits per heavy atom. The predicted octanol–water partition coefficient (Wildman–Crippen LogP) is 4.74. The first-order valence-corrected chi connectivity index (χ1v) is 9.75. The lowest BCUT2D eigenvalue weighted by atomic mass is 10.1. The SMILES string of the molecule is O=C(Nc1cccc(-c2nc3ncccc3o2)c1)c1ccc(N2CCCC2)cc1. The van der Waals surface area contributed by atoms with Crippen molar-refractivity contribution >= 4 is 28.5 Å². The molecule has 0 unspecified atom stereocenters. The number of pyridine rings is 1. The number of aromatic nitrogens is 2. The van der Waals surface area contributed by atoms with Crippen LogP contribution in [0.25, 0.3) is 22.7 Å². The number of rotatable bonds is 4. The van der Waals surface area contributed by atoms with E-state index in [0.29, 0.717) is 28.4 Å². The molecule has 6 heteroatoms. The lowest BCUT2D eigenvalue weighted by Crippen LogP contribution is -2.18. The van der Waals surface area contributed by atoms with Crippen LogP contribution in [0.5, 0.6) is 0 Å². The van der Waals surface area contributed by atoms with Crippen molar-refractivity contribution < 1.29 is 9.21 Å². The highest BCUT2D eigenvalue weighted by atomic mass is 16.3. The summed E-state index contributed by atoms with van der Waals surface area (Å²) in [5.41, 5.74) is 4.47. The first-order valence-electron chi connectivity index (χ1n) is 9.75. The van der Waals surface area contributed by atoms with E-state index in [2.05, 4.69) is 20.2 Å². The molecule has 1 saturated heterocycles. The van der Waals surface area contributed by atoms with Gasteiger partial charge in [0.2, 0.25) is 5.89 Å². The summed E-state index contributed by atoms with van der Waals surface area (Å²) in [4.78, 5) is 23.6. The molecule has 4 aromatic rings. The van der Waals surface area contributed by atoms with Crippen molar-refractivity contribution in [2.75, 3.05) is 23.3 Å². The van der Waals surface area contributed by atoms with Gasteiger partial charge in [0.05, 0.1) is 0 Å². The van der Waals surface area contributed by atoms with E-state index in [1.165, 1.54) is 18.5 Å². The largest absolute Gasteiger partial charge is 0.434 e. The van der Waals surface area contributed by atoms with Crippen molar-refractivity contribution in [3.05, 3.63) is 72.4 Å². The van der Waals surface area contributed by atoms with Crippen LogP contribution >= 0.6 is 0 Å². The van der Waals surface area contributed by atoms with E-state index in [1.54, 1.807) is 6.20 Å². The number of hydrogen-bond acceptors (Lipinski definition) is 5. The summed E-state index contributed by atoms with van der Waals surface area (Å²) in [6.07, 6.45) is 4.14. The maximum absolute atomic E-state index is 12.7. The topological polar surface area (TPSA) is 71.3 Å². The molecule has 1 aliphatic rings. The van der Waals surface area contributed by atoms with Gasteiger partial charge in [0, 0.05) is 41.8 Å². The molecule has 1 amide bonds. The van der Waals surface area contributed by atoms with E-state index in [-0.39, 0.29) is 5.91 Å².